The Kier molecular flexibility index (Phi) is 7.74. The zero-order chi connectivity index (χ0) is 28.5. The van der Waals surface area contributed by atoms with E-state index in [9.17, 15) is 9.90 Å². The lowest BCUT2D eigenvalue weighted by Gasteiger charge is -2.64. The number of benzene rings is 3. The fourth-order valence-electron chi connectivity index (χ4n) is 5.92. The van der Waals surface area contributed by atoms with E-state index in [0.717, 1.165) is 16.7 Å². The smallest absolute Gasteiger partial charge is 0.233 e. The molecule has 3 atom stereocenters. The number of amides is 1. The lowest BCUT2D eigenvalue weighted by Crippen LogP contribution is -2.74. The molecule has 5 nitrogen and oxygen atoms in total. The third-order valence-electron chi connectivity index (χ3n) is 7.88. The van der Waals surface area contributed by atoms with Crippen LogP contribution in [-0.4, -0.2) is 45.8 Å². The van der Waals surface area contributed by atoms with E-state index < -0.39 is 30.2 Å². The summed E-state index contributed by atoms with van der Waals surface area (Å²) >= 11 is 1.76. The Morgan fingerprint density at radius 3 is 1.68 bits per heavy atom. The molecule has 1 aliphatic rings. The highest BCUT2D eigenvalue weighted by atomic mass is 32.2. The molecule has 1 saturated heterocycles. The summed E-state index contributed by atoms with van der Waals surface area (Å²) in [5, 5.41) is 19.0. The normalized spacial score (nSPS) is 20.3. The minimum Gasteiger partial charge on any atom is -0.386 e. The minimum atomic E-state index is -1.42. The molecule has 3 aromatic carbocycles. The molecule has 4 aromatic rings. The van der Waals surface area contributed by atoms with E-state index in [1.165, 1.54) is 0 Å². The summed E-state index contributed by atoms with van der Waals surface area (Å²) in [6.07, 6.45) is 0.516. The Bertz CT molecular complexity index is 1340. The molecular formula is C33H36N3O2SSi. The SMILES string of the molecule is C[Si](C)C1(C(O)c2cccnn2)C(=O)N(C(C)(C)C)C1SC(c1ccccc1)(c1ccccc1)c1ccccc1. The third-order valence-corrected chi connectivity index (χ3v) is 12.4. The van der Waals surface area contributed by atoms with Crippen LogP contribution in [0.4, 0.5) is 0 Å². The minimum absolute atomic E-state index is 0.0161. The topological polar surface area (TPSA) is 66.3 Å². The van der Waals surface area contributed by atoms with Crippen molar-refractivity contribution in [3.8, 4) is 0 Å². The molecule has 0 spiro atoms. The first-order valence-electron chi connectivity index (χ1n) is 13.6. The number of carbonyl (C=O) groups is 1. The van der Waals surface area contributed by atoms with E-state index >= 15 is 0 Å². The molecule has 1 amide bonds. The molecule has 1 radical (unpaired) electrons. The van der Waals surface area contributed by atoms with Gasteiger partial charge in [0.1, 0.15) is 11.1 Å². The predicted octanol–water partition coefficient (Wildman–Crippen LogP) is 6.70. The number of rotatable bonds is 8. The fraction of sp³-hybridized carbons (Fsp3) is 0.303. The summed E-state index contributed by atoms with van der Waals surface area (Å²) in [4.78, 5) is 16.4. The summed E-state index contributed by atoms with van der Waals surface area (Å²) in [5.41, 5.74) is 3.34. The van der Waals surface area contributed by atoms with Crippen molar-refractivity contribution in [3.63, 3.8) is 0 Å². The zero-order valence-corrected chi connectivity index (χ0v) is 25.5. The molecule has 1 fully saturated rings. The lowest BCUT2D eigenvalue weighted by molar-refractivity contribution is -0.164. The number of likely N-dealkylation sites (tertiary alicyclic amines) is 1. The first kappa shape index (κ1) is 28.3. The van der Waals surface area contributed by atoms with Crippen LogP contribution in [0.3, 0.4) is 0 Å². The van der Waals surface area contributed by atoms with Gasteiger partial charge in [-0.1, -0.05) is 104 Å². The summed E-state index contributed by atoms with van der Waals surface area (Å²) in [6.45, 7) is 10.5. The second kappa shape index (κ2) is 11.0. The maximum Gasteiger partial charge on any atom is 0.233 e. The number of thioether (sulfide) groups is 1. The molecule has 0 saturated carbocycles. The van der Waals surface area contributed by atoms with Gasteiger partial charge in [0.05, 0.1) is 24.6 Å². The van der Waals surface area contributed by atoms with Crippen molar-refractivity contribution in [1.82, 2.24) is 15.1 Å². The van der Waals surface area contributed by atoms with Gasteiger partial charge >= 0.3 is 0 Å². The van der Waals surface area contributed by atoms with Crippen LogP contribution in [-0.2, 0) is 9.54 Å². The molecule has 5 rings (SSSR count). The van der Waals surface area contributed by atoms with Gasteiger partial charge < -0.3 is 10.0 Å². The van der Waals surface area contributed by atoms with Gasteiger partial charge in [-0.25, -0.2) is 0 Å². The average molecular weight is 567 g/mol. The van der Waals surface area contributed by atoms with Crippen molar-refractivity contribution in [2.75, 3.05) is 0 Å². The monoisotopic (exact) mass is 566 g/mol. The molecule has 1 aromatic heterocycles. The molecule has 40 heavy (non-hydrogen) atoms. The predicted molar refractivity (Wildman–Crippen MR) is 164 cm³/mol. The van der Waals surface area contributed by atoms with Crippen LogP contribution < -0.4 is 0 Å². The van der Waals surface area contributed by atoms with Gasteiger partial charge in [-0.3, -0.25) is 4.79 Å². The standard InChI is InChI=1S/C33H36N3O2SSi/c1-31(2,3)36-29(38)33(40(4)5,28(37)27-22-15-23-34-35-27)30(36)39-32(24-16-9-6-10-17-24,25-18-11-7-12-19-25)26-20-13-8-14-21-26/h6-23,28,30,37H,1-5H3. The van der Waals surface area contributed by atoms with Crippen molar-refractivity contribution in [3.05, 3.63) is 132 Å². The molecule has 1 aliphatic heterocycles. The van der Waals surface area contributed by atoms with Crippen molar-refractivity contribution < 1.29 is 9.90 Å². The maximum absolute atomic E-state index is 14.4. The molecular weight excluding hydrogens is 531 g/mol. The van der Waals surface area contributed by atoms with Gasteiger partial charge in [-0.05, 0) is 49.6 Å². The number of nitrogens with zero attached hydrogens (tertiary/aromatic N) is 3. The molecule has 0 bridgehead atoms. The van der Waals surface area contributed by atoms with Gasteiger partial charge in [0.25, 0.3) is 0 Å². The number of aliphatic hydroxyl groups excluding tert-OH is 1. The highest BCUT2D eigenvalue weighted by Crippen LogP contribution is 2.66. The van der Waals surface area contributed by atoms with Crippen molar-refractivity contribution in [2.45, 2.75) is 60.7 Å². The number of aromatic nitrogens is 2. The molecule has 205 valence electrons. The van der Waals surface area contributed by atoms with Gasteiger partial charge in [0.2, 0.25) is 5.91 Å². The Morgan fingerprint density at radius 1 is 0.825 bits per heavy atom. The highest BCUT2D eigenvalue weighted by Gasteiger charge is 2.70. The molecule has 2 heterocycles. The Balaban J connectivity index is 1.79. The Hall–Kier alpha value is -3.26. The van der Waals surface area contributed by atoms with E-state index in [1.807, 2.05) is 23.1 Å². The molecule has 3 unspecified atom stereocenters. The van der Waals surface area contributed by atoms with Gasteiger partial charge in [0, 0.05) is 11.7 Å². The van der Waals surface area contributed by atoms with Crippen LogP contribution in [0.15, 0.2) is 109 Å². The number of hydrogen-bond donors (Lipinski definition) is 1. The van der Waals surface area contributed by atoms with Crippen LogP contribution in [0.5, 0.6) is 0 Å². The van der Waals surface area contributed by atoms with Gasteiger partial charge in [0.15, 0.2) is 0 Å². The fourth-order valence-corrected chi connectivity index (χ4v) is 10.8. The van der Waals surface area contributed by atoms with Crippen LogP contribution in [0.1, 0.15) is 49.3 Å². The van der Waals surface area contributed by atoms with Crippen LogP contribution in [0, 0.1) is 0 Å². The Morgan fingerprint density at radius 2 is 1.30 bits per heavy atom. The van der Waals surface area contributed by atoms with E-state index in [1.54, 1.807) is 30.1 Å². The zero-order valence-electron chi connectivity index (χ0n) is 23.7. The highest BCUT2D eigenvalue weighted by molar-refractivity contribution is 8.01. The molecule has 1 N–H and O–H groups in total. The average Bonchev–Trinajstić information content (AvgIpc) is 2.96. The summed E-state index contributed by atoms with van der Waals surface area (Å²) in [6, 6.07) is 35.1. The van der Waals surface area contributed by atoms with Gasteiger partial charge in [-0.15, -0.1) is 11.8 Å². The second-order valence-electron chi connectivity index (χ2n) is 11.5. The van der Waals surface area contributed by atoms with Crippen molar-refractivity contribution in [2.24, 2.45) is 0 Å². The first-order chi connectivity index (χ1) is 19.1. The van der Waals surface area contributed by atoms with Crippen LogP contribution in [0.25, 0.3) is 0 Å². The lowest BCUT2D eigenvalue weighted by atomic mass is 9.83. The van der Waals surface area contributed by atoms with Crippen LogP contribution >= 0.6 is 11.8 Å². The number of β-lactam (4-membered cyclic amide) rings is 1. The van der Waals surface area contributed by atoms with E-state index in [0.29, 0.717) is 5.69 Å². The number of carbonyl (C=O) groups excluding carboxylic acids is 1. The molecule has 0 aliphatic carbocycles. The van der Waals surface area contributed by atoms with Crippen molar-refractivity contribution >= 4 is 26.5 Å². The van der Waals surface area contributed by atoms with E-state index in [-0.39, 0.29) is 11.3 Å². The summed E-state index contributed by atoms with van der Waals surface area (Å²) < 4.78 is -0.650. The van der Waals surface area contributed by atoms with Gasteiger partial charge in [-0.2, -0.15) is 10.2 Å². The van der Waals surface area contributed by atoms with E-state index in [2.05, 4.69) is 117 Å². The molecule has 7 heteroatoms. The summed E-state index contributed by atoms with van der Waals surface area (Å²) in [7, 11) is -1.42. The quantitative estimate of drug-likeness (QED) is 0.146. The maximum atomic E-state index is 14.4. The van der Waals surface area contributed by atoms with Crippen molar-refractivity contribution in [1.29, 1.82) is 0 Å². The second-order valence-corrected chi connectivity index (χ2v) is 15.6. The largest absolute Gasteiger partial charge is 0.386 e. The number of aliphatic hydroxyl groups is 1. The number of hydrogen-bond acceptors (Lipinski definition) is 5. The van der Waals surface area contributed by atoms with Crippen LogP contribution in [0.2, 0.25) is 18.1 Å². The van der Waals surface area contributed by atoms with E-state index in [4.69, 9.17) is 0 Å². The Labute approximate surface area is 243 Å². The third kappa shape index (κ3) is 4.50. The first-order valence-corrected chi connectivity index (χ1v) is 17.0. The summed E-state index contributed by atoms with van der Waals surface area (Å²) in [5.74, 6) is -0.0161.